The second-order valence-electron chi connectivity index (χ2n) is 7.44. The van der Waals surface area contributed by atoms with Crippen molar-refractivity contribution in [3.05, 3.63) is 54.4 Å². The van der Waals surface area contributed by atoms with Crippen LogP contribution in [0.15, 0.2) is 58.7 Å². The first-order valence-electron chi connectivity index (χ1n) is 9.72. The largest absolute Gasteiger partial charge is 0.390 e. The van der Waals surface area contributed by atoms with Gasteiger partial charge in [0.25, 0.3) is 0 Å². The van der Waals surface area contributed by atoms with Crippen LogP contribution < -0.4 is 4.31 Å². The number of hydrogen-bond acceptors (Lipinski definition) is 7. The Bertz CT molecular complexity index is 1030. The van der Waals surface area contributed by atoms with Crippen molar-refractivity contribution in [2.75, 3.05) is 37.5 Å². The summed E-state index contributed by atoms with van der Waals surface area (Å²) < 4.78 is 2.15. The third-order valence-electron chi connectivity index (χ3n) is 5.19. The third-order valence-corrected chi connectivity index (χ3v) is 7.29. The third kappa shape index (κ3) is 4.02. The van der Waals surface area contributed by atoms with Crippen LogP contribution in [0.4, 0.5) is 5.69 Å². The van der Waals surface area contributed by atoms with Crippen LogP contribution in [0.1, 0.15) is 5.69 Å². The van der Waals surface area contributed by atoms with Gasteiger partial charge in [-0.25, -0.2) is 4.98 Å². The minimum atomic E-state index is -0.144. The van der Waals surface area contributed by atoms with E-state index in [4.69, 9.17) is 4.99 Å². The summed E-state index contributed by atoms with van der Waals surface area (Å²) in [6, 6.07) is 14.5. The van der Waals surface area contributed by atoms with Gasteiger partial charge in [-0.2, -0.15) is 0 Å². The standard InChI is InChI=1S/C21H23N5OS2/c1-25(29-19-7-2-3-8-22-19)18-6-4-5-14-9-17(24-20(14)18)21-23-10-16(28-21)13-26-11-15(27)12-26/h2-9,15-16,24,27H,10-13H2,1H3. The molecule has 2 aliphatic heterocycles. The number of benzene rings is 1. The monoisotopic (exact) mass is 425 g/mol. The van der Waals surface area contributed by atoms with E-state index in [0.717, 1.165) is 53.1 Å². The maximum Gasteiger partial charge on any atom is 0.117 e. The predicted molar refractivity (Wildman–Crippen MR) is 122 cm³/mol. The lowest BCUT2D eigenvalue weighted by Crippen LogP contribution is -2.52. The molecule has 4 heterocycles. The Labute approximate surface area is 178 Å². The van der Waals surface area contributed by atoms with Crippen LogP contribution >= 0.6 is 23.7 Å². The molecular weight excluding hydrogens is 402 g/mol. The Balaban J connectivity index is 1.32. The summed E-state index contributed by atoms with van der Waals surface area (Å²) in [5.74, 6) is 0. The summed E-state index contributed by atoms with van der Waals surface area (Å²) in [4.78, 5) is 15.1. The molecule has 29 heavy (non-hydrogen) atoms. The van der Waals surface area contributed by atoms with Crippen LogP contribution in [0.25, 0.3) is 10.9 Å². The normalized spacial score (nSPS) is 20.1. The first kappa shape index (κ1) is 19.0. The molecule has 0 saturated carbocycles. The molecule has 1 saturated heterocycles. The Morgan fingerprint density at radius 2 is 2.17 bits per heavy atom. The van der Waals surface area contributed by atoms with Gasteiger partial charge in [-0.1, -0.05) is 30.0 Å². The number of β-amino-alcohol motifs (C(OH)–C–C–N with tert-alkyl or cyclic N) is 1. The smallest absolute Gasteiger partial charge is 0.117 e. The van der Waals surface area contributed by atoms with E-state index >= 15 is 0 Å². The van der Waals surface area contributed by atoms with E-state index in [1.807, 2.05) is 36.2 Å². The Kier molecular flexibility index (Phi) is 5.26. The molecule has 0 amide bonds. The molecule has 0 spiro atoms. The molecule has 0 aliphatic carbocycles. The molecule has 1 aromatic carbocycles. The molecule has 1 atom stereocenters. The lowest BCUT2D eigenvalue weighted by atomic mass is 10.1. The number of aromatic amines is 1. The van der Waals surface area contributed by atoms with E-state index in [2.05, 4.69) is 50.5 Å². The van der Waals surface area contributed by atoms with Gasteiger partial charge in [0, 0.05) is 55.5 Å². The highest BCUT2D eigenvalue weighted by Gasteiger charge is 2.30. The molecule has 1 fully saturated rings. The van der Waals surface area contributed by atoms with Gasteiger partial charge in [-0.3, -0.25) is 9.89 Å². The predicted octanol–water partition coefficient (Wildman–Crippen LogP) is 3.24. The minimum Gasteiger partial charge on any atom is -0.390 e. The number of aromatic nitrogens is 2. The number of anilines is 1. The van der Waals surface area contributed by atoms with Gasteiger partial charge in [0.15, 0.2) is 0 Å². The lowest BCUT2D eigenvalue weighted by molar-refractivity contribution is 0.00320. The molecule has 2 aliphatic rings. The second kappa shape index (κ2) is 8.02. The average Bonchev–Trinajstić information content (AvgIpc) is 3.34. The Morgan fingerprint density at radius 1 is 1.28 bits per heavy atom. The van der Waals surface area contributed by atoms with Gasteiger partial charge < -0.3 is 14.4 Å². The summed E-state index contributed by atoms with van der Waals surface area (Å²) in [7, 11) is 2.06. The van der Waals surface area contributed by atoms with Crippen LogP contribution in [-0.2, 0) is 0 Å². The number of nitrogens with one attached hydrogen (secondary N) is 1. The van der Waals surface area contributed by atoms with E-state index in [0.29, 0.717) is 5.25 Å². The number of thioether (sulfide) groups is 1. The van der Waals surface area contributed by atoms with E-state index < -0.39 is 0 Å². The summed E-state index contributed by atoms with van der Waals surface area (Å²) in [5, 5.41) is 13.2. The van der Waals surface area contributed by atoms with Gasteiger partial charge in [0.1, 0.15) is 10.1 Å². The SMILES string of the molecule is CN(Sc1ccccn1)c1cccc2cc(C3=NCC(CN4CC(O)C4)S3)[nH]c12. The first-order valence-corrected chi connectivity index (χ1v) is 11.4. The molecule has 0 bridgehead atoms. The number of aliphatic hydroxyl groups is 1. The van der Waals surface area contributed by atoms with Crippen molar-refractivity contribution in [1.29, 1.82) is 0 Å². The van der Waals surface area contributed by atoms with Crippen molar-refractivity contribution < 1.29 is 5.11 Å². The number of aliphatic hydroxyl groups excluding tert-OH is 1. The highest BCUT2D eigenvalue weighted by molar-refractivity contribution is 8.15. The highest BCUT2D eigenvalue weighted by Crippen LogP contribution is 2.34. The maximum absolute atomic E-state index is 9.48. The number of para-hydroxylation sites is 1. The molecule has 2 N–H and O–H groups in total. The zero-order chi connectivity index (χ0) is 19.8. The van der Waals surface area contributed by atoms with Gasteiger partial charge in [-0.15, -0.1) is 0 Å². The number of rotatable bonds is 6. The second-order valence-corrected chi connectivity index (χ2v) is 9.88. The number of hydrogen-bond donors (Lipinski definition) is 2. The number of H-pyrrole nitrogens is 1. The van der Waals surface area contributed by atoms with E-state index in [9.17, 15) is 5.11 Å². The van der Waals surface area contributed by atoms with Gasteiger partial charge in [-0.05, 0) is 24.3 Å². The molecule has 8 heteroatoms. The Morgan fingerprint density at radius 3 is 2.97 bits per heavy atom. The average molecular weight is 426 g/mol. The number of fused-ring (bicyclic) bond motifs is 1. The van der Waals surface area contributed by atoms with E-state index in [-0.39, 0.29) is 6.10 Å². The zero-order valence-electron chi connectivity index (χ0n) is 16.2. The maximum atomic E-state index is 9.48. The van der Waals surface area contributed by atoms with Crippen molar-refractivity contribution in [1.82, 2.24) is 14.9 Å². The van der Waals surface area contributed by atoms with Crippen molar-refractivity contribution in [3.63, 3.8) is 0 Å². The number of pyridine rings is 1. The molecular formula is C21H23N5OS2. The lowest BCUT2D eigenvalue weighted by Gasteiger charge is -2.37. The van der Waals surface area contributed by atoms with Crippen molar-refractivity contribution in [2.24, 2.45) is 4.99 Å². The summed E-state index contributed by atoms with van der Waals surface area (Å²) >= 11 is 3.45. The van der Waals surface area contributed by atoms with Crippen LogP contribution in [0.3, 0.4) is 0 Å². The van der Waals surface area contributed by atoms with Gasteiger partial charge in [0.2, 0.25) is 0 Å². The van der Waals surface area contributed by atoms with Gasteiger partial charge >= 0.3 is 0 Å². The van der Waals surface area contributed by atoms with Gasteiger partial charge in [0.05, 0.1) is 29.5 Å². The molecule has 0 radical (unpaired) electrons. The summed E-state index contributed by atoms with van der Waals surface area (Å²) in [6.45, 7) is 3.42. The summed E-state index contributed by atoms with van der Waals surface area (Å²) in [5.41, 5.74) is 3.32. The Hall–Kier alpha value is -2.00. The highest BCUT2D eigenvalue weighted by atomic mass is 32.2. The number of nitrogens with zero attached hydrogens (tertiary/aromatic N) is 4. The van der Waals surface area contributed by atoms with E-state index in [1.165, 1.54) is 5.39 Å². The fourth-order valence-corrected chi connectivity index (χ4v) is 5.66. The molecule has 5 rings (SSSR count). The van der Waals surface area contributed by atoms with Crippen molar-refractivity contribution in [3.8, 4) is 0 Å². The first-order chi connectivity index (χ1) is 14.2. The topological polar surface area (TPSA) is 67.8 Å². The summed E-state index contributed by atoms with van der Waals surface area (Å²) in [6.07, 6.45) is 1.67. The fraction of sp³-hybridized carbons (Fsp3) is 0.333. The van der Waals surface area contributed by atoms with Crippen LogP contribution in [0.2, 0.25) is 0 Å². The molecule has 6 nitrogen and oxygen atoms in total. The number of likely N-dealkylation sites (tertiary alicyclic amines) is 1. The van der Waals surface area contributed by atoms with E-state index in [1.54, 1.807) is 11.9 Å². The van der Waals surface area contributed by atoms with Crippen molar-refractivity contribution >= 4 is 45.3 Å². The number of aliphatic imine (C=N–C) groups is 1. The van der Waals surface area contributed by atoms with Crippen LogP contribution in [0.5, 0.6) is 0 Å². The van der Waals surface area contributed by atoms with Crippen LogP contribution in [-0.4, -0.2) is 69.6 Å². The molecule has 2 aromatic heterocycles. The molecule has 3 aromatic rings. The molecule has 150 valence electrons. The quantitative estimate of drug-likeness (QED) is 0.591. The van der Waals surface area contributed by atoms with Crippen molar-refractivity contribution in [2.45, 2.75) is 16.4 Å². The minimum absolute atomic E-state index is 0.144. The zero-order valence-corrected chi connectivity index (χ0v) is 17.8. The fourth-order valence-electron chi connectivity index (χ4n) is 3.75. The van der Waals surface area contributed by atoms with Crippen LogP contribution in [0, 0.1) is 0 Å². The molecule has 1 unspecified atom stereocenters.